The number of nitrogens with zero attached hydrogens (tertiary/aromatic N) is 3. The van der Waals surface area contributed by atoms with E-state index >= 15 is 0 Å². The molecular weight excluding hydrogens is 342 g/mol. The number of rotatable bonds is 4. The molecule has 4 rings (SSSR count). The molecule has 0 fully saturated rings. The fourth-order valence-electron chi connectivity index (χ4n) is 3.09. The first kappa shape index (κ1) is 17.1. The van der Waals surface area contributed by atoms with Crippen LogP contribution in [0.15, 0.2) is 58.1 Å². The molecule has 2 aromatic carbocycles. The zero-order chi connectivity index (χ0) is 19.0. The Hall–Kier alpha value is -3.32. The van der Waals surface area contributed by atoms with Gasteiger partial charge >= 0.3 is 0 Å². The molecule has 0 aliphatic heterocycles. The molecule has 7 nitrogen and oxygen atoms in total. The second-order valence-corrected chi connectivity index (χ2v) is 6.59. The molecule has 7 heteroatoms. The summed E-state index contributed by atoms with van der Waals surface area (Å²) < 4.78 is 0. The number of nitrogens with one attached hydrogen (secondary N) is 2. The van der Waals surface area contributed by atoms with Crippen LogP contribution in [0.3, 0.4) is 0 Å². The molecule has 27 heavy (non-hydrogen) atoms. The highest BCUT2D eigenvalue weighted by atomic mass is 16.1. The van der Waals surface area contributed by atoms with Gasteiger partial charge in [-0.25, -0.2) is 9.97 Å². The van der Waals surface area contributed by atoms with Gasteiger partial charge in [-0.3, -0.25) is 14.5 Å². The molecule has 0 saturated heterocycles. The predicted molar refractivity (Wildman–Crippen MR) is 105 cm³/mol. The number of hydrogen-bond acceptors (Lipinski definition) is 5. The van der Waals surface area contributed by atoms with Crippen molar-refractivity contribution < 1.29 is 0 Å². The van der Waals surface area contributed by atoms with Gasteiger partial charge < -0.3 is 9.97 Å². The van der Waals surface area contributed by atoms with Crippen molar-refractivity contribution in [3.8, 4) is 0 Å². The first-order valence-electron chi connectivity index (χ1n) is 8.70. The fourth-order valence-corrected chi connectivity index (χ4v) is 3.09. The Morgan fingerprint density at radius 3 is 2.11 bits per heavy atom. The fraction of sp³-hybridized carbons (Fsp3) is 0.200. The van der Waals surface area contributed by atoms with Crippen LogP contribution in [-0.4, -0.2) is 31.9 Å². The zero-order valence-corrected chi connectivity index (χ0v) is 15.1. The van der Waals surface area contributed by atoms with Gasteiger partial charge in [0.05, 0.1) is 34.4 Å². The Bertz CT molecular complexity index is 1240. The summed E-state index contributed by atoms with van der Waals surface area (Å²) in [6.07, 6.45) is 0. The van der Waals surface area contributed by atoms with Gasteiger partial charge in [-0.2, -0.15) is 0 Å². The van der Waals surface area contributed by atoms with Crippen molar-refractivity contribution in [2.24, 2.45) is 0 Å². The molecule has 0 bridgehead atoms. The maximum absolute atomic E-state index is 12.3. The molecule has 4 aromatic rings. The van der Waals surface area contributed by atoms with E-state index in [4.69, 9.17) is 0 Å². The smallest absolute Gasteiger partial charge is 0.258 e. The zero-order valence-electron chi connectivity index (χ0n) is 15.1. The van der Waals surface area contributed by atoms with Crippen LogP contribution in [0, 0.1) is 0 Å². The Morgan fingerprint density at radius 2 is 1.44 bits per heavy atom. The van der Waals surface area contributed by atoms with Crippen molar-refractivity contribution >= 4 is 21.8 Å². The average Bonchev–Trinajstić information content (AvgIpc) is 2.67. The van der Waals surface area contributed by atoms with Crippen LogP contribution in [0.5, 0.6) is 0 Å². The number of para-hydroxylation sites is 2. The topological polar surface area (TPSA) is 94.7 Å². The van der Waals surface area contributed by atoms with Crippen molar-refractivity contribution in [2.75, 3.05) is 7.05 Å². The normalized spacial score (nSPS) is 12.7. The van der Waals surface area contributed by atoms with Crippen LogP contribution in [0.25, 0.3) is 21.8 Å². The van der Waals surface area contributed by atoms with E-state index in [0.717, 1.165) is 0 Å². The highest BCUT2D eigenvalue weighted by Gasteiger charge is 2.17. The van der Waals surface area contributed by atoms with Crippen molar-refractivity contribution in [1.29, 1.82) is 0 Å². The number of benzene rings is 2. The van der Waals surface area contributed by atoms with Crippen LogP contribution >= 0.6 is 0 Å². The summed E-state index contributed by atoms with van der Waals surface area (Å²) in [5, 5.41) is 1.13. The SMILES string of the molecule is C[C@H](c1nc2ccccc2c(=O)[nH]1)N(C)Cc1nc2ccccc2c(=O)[nH]1. The van der Waals surface area contributed by atoms with Crippen LogP contribution in [0.4, 0.5) is 0 Å². The summed E-state index contributed by atoms with van der Waals surface area (Å²) >= 11 is 0. The van der Waals surface area contributed by atoms with E-state index in [-0.39, 0.29) is 17.2 Å². The Kier molecular flexibility index (Phi) is 4.29. The molecule has 2 N–H and O–H groups in total. The maximum Gasteiger partial charge on any atom is 0.258 e. The Balaban J connectivity index is 1.64. The Labute approximate surface area is 154 Å². The predicted octanol–water partition coefficient (Wildman–Crippen LogP) is 2.35. The van der Waals surface area contributed by atoms with E-state index < -0.39 is 0 Å². The van der Waals surface area contributed by atoms with E-state index in [9.17, 15) is 9.59 Å². The standard InChI is InChI=1S/C20H19N5O2/c1-12(18-22-16-10-6-4-8-14(16)20(27)24-18)25(2)11-17-21-15-9-5-3-7-13(15)19(26)23-17/h3-10,12H,11H2,1-2H3,(H,21,23,26)(H,22,24,27)/t12-/m1/s1. The summed E-state index contributed by atoms with van der Waals surface area (Å²) in [4.78, 5) is 41.3. The molecule has 0 spiro atoms. The van der Waals surface area contributed by atoms with Gasteiger partial charge in [-0.1, -0.05) is 24.3 Å². The number of aromatic amines is 2. The molecule has 2 heterocycles. The molecule has 0 aliphatic rings. The third kappa shape index (κ3) is 3.24. The first-order chi connectivity index (χ1) is 13.0. The van der Waals surface area contributed by atoms with Crippen LogP contribution in [-0.2, 0) is 6.54 Å². The summed E-state index contributed by atoms with van der Waals surface area (Å²) in [5.74, 6) is 1.14. The lowest BCUT2D eigenvalue weighted by Crippen LogP contribution is -2.27. The minimum atomic E-state index is -0.168. The first-order valence-corrected chi connectivity index (χ1v) is 8.70. The lowest BCUT2D eigenvalue weighted by Gasteiger charge is -2.23. The quantitative estimate of drug-likeness (QED) is 0.582. The minimum absolute atomic E-state index is 0.158. The van der Waals surface area contributed by atoms with E-state index in [1.54, 1.807) is 12.1 Å². The third-order valence-corrected chi connectivity index (χ3v) is 4.75. The molecule has 0 aliphatic carbocycles. The van der Waals surface area contributed by atoms with Crippen molar-refractivity contribution in [3.63, 3.8) is 0 Å². The lowest BCUT2D eigenvalue weighted by molar-refractivity contribution is 0.238. The molecule has 1 atom stereocenters. The van der Waals surface area contributed by atoms with Crippen LogP contribution in [0.2, 0.25) is 0 Å². The van der Waals surface area contributed by atoms with Gasteiger partial charge in [-0.05, 0) is 38.2 Å². The molecule has 2 aromatic heterocycles. The highest BCUT2D eigenvalue weighted by molar-refractivity contribution is 5.77. The maximum atomic E-state index is 12.3. The van der Waals surface area contributed by atoms with Gasteiger partial charge in [0.15, 0.2) is 0 Å². The summed E-state index contributed by atoms with van der Waals surface area (Å²) in [6, 6.07) is 14.3. The highest BCUT2D eigenvalue weighted by Crippen LogP contribution is 2.17. The van der Waals surface area contributed by atoms with Gasteiger partial charge in [-0.15, -0.1) is 0 Å². The van der Waals surface area contributed by atoms with E-state index in [1.807, 2.05) is 55.3 Å². The van der Waals surface area contributed by atoms with Crippen molar-refractivity contribution in [3.05, 3.63) is 80.9 Å². The van der Waals surface area contributed by atoms with Gasteiger partial charge in [0.1, 0.15) is 11.6 Å². The average molecular weight is 361 g/mol. The van der Waals surface area contributed by atoms with E-state index in [1.165, 1.54) is 0 Å². The van der Waals surface area contributed by atoms with E-state index in [2.05, 4.69) is 19.9 Å². The second kappa shape index (κ2) is 6.77. The minimum Gasteiger partial charge on any atom is -0.309 e. The van der Waals surface area contributed by atoms with Gasteiger partial charge in [0.25, 0.3) is 11.1 Å². The summed E-state index contributed by atoms with van der Waals surface area (Å²) in [6.45, 7) is 2.37. The van der Waals surface area contributed by atoms with Crippen LogP contribution in [0.1, 0.15) is 24.6 Å². The third-order valence-electron chi connectivity index (χ3n) is 4.75. The van der Waals surface area contributed by atoms with Gasteiger partial charge in [0, 0.05) is 0 Å². The molecule has 0 amide bonds. The van der Waals surface area contributed by atoms with Crippen LogP contribution < -0.4 is 11.1 Å². The molecule has 0 saturated carbocycles. The molecule has 0 radical (unpaired) electrons. The molecule has 0 unspecified atom stereocenters. The van der Waals surface area contributed by atoms with Crippen molar-refractivity contribution in [2.45, 2.75) is 19.5 Å². The summed E-state index contributed by atoms with van der Waals surface area (Å²) in [7, 11) is 1.90. The molecular formula is C20H19N5O2. The number of fused-ring (bicyclic) bond motifs is 2. The molecule has 136 valence electrons. The second-order valence-electron chi connectivity index (χ2n) is 6.59. The number of hydrogen-bond donors (Lipinski definition) is 2. The van der Waals surface area contributed by atoms with E-state index in [0.29, 0.717) is 40.0 Å². The Morgan fingerprint density at radius 1 is 0.889 bits per heavy atom. The monoisotopic (exact) mass is 361 g/mol. The number of H-pyrrole nitrogens is 2. The largest absolute Gasteiger partial charge is 0.309 e. The van der Waals surface area contributed by atoms with Crippen molar-refractivity contribution in [1.82, 2.24) is 24.8 Å². The lowest BCUT2D eigenvalue weighted by atomic mass is 10.2. The number of aromatic nitrogens is 4. The summed E-state index contributed by atoms with van der Waals surface area (Å²) in [5.41, 5.74) is 1.00. The van der Waals surface area contributed by atoms with Gasteiger partial charge in [0.2, 0.25) is 0 Å².